The van der Waals surface area contributed by atoms with Crippen molar-refractivity contribution >= 4 is 29.5 Å². The summed E-state index contributed by atoms with van der Waals surface area (Å²) in [5, 5.41) is 6.10. The molecule has 0 radical (unpaired) electrons. The third kappa shape index (κ3) is 5.56. The van der Waals surface area contributed by atoms with Crippen LogP contribution < -0.4 is 10.6 Å². The summed E-state index contributed by atoms with van der Waals surface area (Å²) in [6.07, 6.45) is 3.94. The smallest absolute Gasteiger partial charge is 0.251 e. The van der Waals surface area contributed by atoms with Gasteiger partial charge in [0.25, 0.3) is 5.91 Å². The van der Waals surface area contributed by atoms with Gasteiger partial charge in [0.05, 0.1) is 0 Å². The zero-order chi connectivity index (χ0) is 17.4. The molecule has 2 rings (SSSR count). The van der Waals surface area contributed by atoms with Crippen molar-refractivity contribution in [2.45, 2.75) is 6.42 Å². The largest absolute Gasteiger partial charge is 0.355 e. The van der Waals surface area contributed by atoms with E-state index in [4.69, 9.17) is 11.6 Å². The topological polar surface area (TPSA) is 58.2 Å². The minimum absolute atomic E-state index is 0.134. The number of nitrogens with one attached hydrogen (secondary N) is 2. The molecule has 0 aliphatic rings. The van der Waals surface area contributed by atoms with Crippen LogP contribution >= 0.6 is 11.6 Å². The van der Waals surface area contributed by atoms with Gasteiger partial charge in [-0.05, 0) is 47.9 Å². The van der Waals surface area contributed by atoms with Crippen LogP contribution in [0, 0.1) is 0 Å². The molecule has 0 spiro atoms. The maximum atomic E-state index is 11.8. The van der Waals surface area contributed by atoms with Crippen LogP contribution in [-0.4, -0.2) is 25.4 Å². The average Bonchev–Trinajstić information content (AvgIpc) is 2.61. The lowest BCUT2D eigenvalue weighted by molar-refractivity contribution is -0.116. The summed E-state index contributed by atoms with van der Waals surface area (Å²) < 4.78 is 0. The van der Waals surface area contributed by atoms with Crippen molar-refractivity contribution in [3.8, 4) is 0 Å². The van der Waals surface area contributed by atoms with Gasteiger partial charge in [0.1, 0.15) is 0 Å². The van der Waals surface area contributed by atoms with E-state index in [0.717, 1.165) is 17.5 Å². The van der Waals surface area contributed by atoms with E-state index in [1.807, 2.05) is 24.3 Å². The van der Waals surface area contributed by atoms with E-state index in [1.54, 1.807) is 37.4 Å². The summed E-state index contributed by atoms with van der Waals surface area (Å²) in [4.78, 5) is 23.2. The Morgan fingerprint density at radius 1 is 1.04 bits per heavy atom. The number of halogens is 1. The zero-order valence-corrected chi connectivity index (χ0v) is 14.1. The van der Waals surface area contributed by atoms with E-state index in [1.165, 1.54) is 6.08 Å². The summed E-state index contributed by atoms with van der Waals surface area (Å²) in [6, 6.07) is 14.6. The van der Waals surface area contributed by atoms with Crippen LogP contribution in [0.5, 0.6) is 0 Å². The number of hydrogen-bond acceptors (Lipinski definition) is 2. The fourth-order valence-electron chi connectivity index (χ4n) is 2.10. The molecule has 5 heteroatoms. The van der Waals surface area contributed by atoms with Gasteiger partial charge in [-0.15, -0.1) is 0 Å². The Labute approximate surface area is 146 Å². The lowest BCUT2D eigenvalue weighted by Crippen LogP contribution is -2.23. The molecule has 0 fully saturated rings. The first kappa shape index (κ1) is 17.8. The van der Waals surface area contributed by atoms with Crippen molar-refractivity contribution in [3.05, 3.63) is 76.3 Å². The second-order valence-corrected chi connectivity index (χ2v) is 5.64. The first-order valence-corrected chi connectivity index (χ1v) is 7.99. The third-order valence-electron chi connectivity index (χ3n) is 3.45. The van der Waals surface area contributed by atoms with Crippen molar-refractivity contribution in [2.24, 2.45) is 0 Å². The minimum atomic E-state index is -0.153. The maximum Gasteiger partial charge on any atom is 0.251 e. The summed E-state index contributed by atoms with van der Waals surface area (Å²) in [7, 11) is 1.59. The predicted molar refractivity (Wildman–Crippen MR) is 97.0 cm³/mol. The SMILES string of the molecule is CNC(=O)c1ccc(/C=C/C(=O)NCCc2ccc(Cl)cc2)cc1. The van der Waals surface area contributed by atoms with Gasteiger partial charge < -0.3 is 10.6 Å². The van der Waals surface area contributed by atoms with Gasteiger partial charge in [-0.1, -0.05) is 35.9 Å². The molecule has 0 atom stereocenters. The highest BCUT2D eigenvalue weighted by Gasteiger charge is 2.01. The van der Waals surface area contributed by atoms with Gasteiger partial charge in [-0.25, -0.2) is 0 Å². The number of carbonyl (C=O) groups excluding carboxylic acids is 2. The molecule has 0 aliphatic heterocycles. The number of carbonyl (C=O) groups is 2. The Bertz CT molecular complexity index is 722. The molecule has 0 saturated carbocycles. The van der Waals surface area contributed by atoms with Gasteiger partial charge in [0.15, 0.2) is 0 Å². The summed E-state index contributed by atoms with van der Waals surface area (Å²) >= 11 is 5.83. The molecule has 0 aliphatic carbocycles. The van der Waals surface area contributed by atoms with Gasteiger partial charge >= 0.3 is 0 Å². The van der Waals surface area contributed by atoms with Crippen molar-refractivity contribution in [1.82, 2.24) is 10.6 Å². The highest BCUT2D eigenvalue weighted by atomic mass is 35.5. The van der Waals surface area contributed by atoms with Gasteiger partial charge in [-0.3, -0.25) is 9.59 Å². The molecular weight excluding hydrogens is 324 g/mol. The summed E-state index contributed by atoms with van der Waals surface area (Å²) in [5.74, 6) is -0.287. The van der Waals surface area contributed by atoms with Crippen molar-refractivity contribution < 1.29 is 9.59 Å². The molecule has 0 bridgehead atoms. The Kier molecular flexibility index (Phi) is 6.58. The normalized spacial score (nSPS) is 10.6. The van der Waals surface area contributed by atoms with Crippen molar-refractivity contribution in [1.29, 1.82) is 0 Å². The molecule has 0 aromatic heterocycles. The fourth-order valence-corrected chi connectivity index (χ4v) is 2.23. The van der Waals surface area contributed by atoms with E-state index >= 15 is 0 Å². The zero-order valence-electron chi connectivity index (χ0n) is 13.4. The molecule has 124 valence electrons. The number of rotatable bonds is 6. The molecule has 2 aromatic carbocycles. The Morgan fingerprint density at radius 2 is 1.71 bits per heavy atom. The Morgan fingerprint density at radius 3 is 2.33 bits per heavy atom. The number of hydrogen-bond donors (Lipinski definition) is 2. The fraction of sp³-hybridized carbons (Fsp3) is 0.158. The number of amides is 2. The van der Waals surface area contributed by atoms with E-state index < -0.39 is 0 Å². The molecule has 2 N–H and O–H groups in total. The first-order chi connectivity index (χ1) is 11.6. The summed E-state index contributed by atoms with van der Waals surface area (Å²) in [6.45, 7) is 0.556. The molecule has 4 nitrogen and oxygen atoms in total. The van der Waals surface area contributed by atoms with E-state index in [2.05, 4.69) is 10.6 Å². The monoisotopic (exact) mass is 342 g/mol. The molecule has 0 saturated heterocycles. The Balaban J connectivity index is 1.80. The minimum Gasteiger partial charge on any atom is -0.355 e. The summed E-state index contributed by atoms with van der Waals surface area (Å²) in [5.41, 5.74) is 2.56. The van der Waals surface area contributed by atoms with E-state index in [-0.39, 0.29) is 11.8 Å². The predicted octanol–water partition coefficient (Wildman–Crippen LogP) is 3.07. The molecule has 0 unspecified atom stereocenters. The van der Waals surface area contributed by atoms with Crippen LogP contribution in [0.3, 0.4) is 0 Å². The molecule has 2 amide bonds. The Hall–Kier alpha value is -2.59. The second kappa shape index (κ2) is 8.89. The molecule has 0 heterocycles. The van der Waals surface area contributed by atoms with Crippen LogP contribution in [0.25, 0.3) is 6.08 Å². The highest BCUT2D eigenvalue weighted by Crippen LogP contribution is 2.09. The lowest BCUT2D eigenvalue weighted by Gasteiger charge is -2.03. The van der Waals surface area contributed by atoms with E-state index in [0.29, 0.717) is 17.1 Å². The molecular formula is C19H19ClN2O2. The van der Waals surface area contributed by atoms with Crippen LogP contribution in [0.15, 0.2) is 54.6 Å². The van der Waals surface area contributed by atoms with Crippen LogP contribution in [-0.2, 0) is 11.2 Å². The molecule has 2 aromatic rings. The van der Waals surface area contributed by atoms with Gasteiger partial charge in [0.2, 0.25) is 5.91 Å². The lowest BCUT2D eigenvalue weighted by atomic mass is 10.1. The quantitative estimate of drug-likeness (QED) is 0.793. The highest BCUT2D eigenvalue weighted by molar-refractivity contribution is 6.30. The van der Waals surface area contributed by atoms with Crippen LogP contribution in [0.4, 0.5) is 0 Å². The van der Waals surface area contributed by atoms with Crippen molar-refractivity contribution in [3.63, 3.8) is 0 Å². The average molecular weight is 343 g/mol. The number of benzene rings is 2. The maximum absolute atomic E-state index is 11.8. The van der Waals surface area contributed by atoms with Gasteiger partial charge in [0, 0.05) is 30.3 Å². The second-order valence-electron chi connectivity index (χ2n) is 5.20. The van der Waals surface area contributed by atoms with E-state index in [9.17, 15) is 9.59 Å². The first-order valence-electron chi connectivity index (χ1n) is 7.61. The van der Waals surface area contributed by atoms with Crippen LogP contribution in [0.2, 0.25) is 5.02 Å². The molecule has 24 heavy (non-hydrogen) atoms. The van der Waals surface area contributed by atoms with Gasteiger partial charge in [-0.2, -0.15) is 0 Å². The van der Waals surface area contributed by atoms with Crippen molar-refractivity contribution in [2.75, 3.05) is 13.6 Å². The van der Waals surface area contributed by atoms with Crippen LogP contribution in [0.1, 0.15) is 21.5 Å². The third-order valence-corrected chi connectivity index (χ3v) is 3.71. The standard InChI is InChI=1S/C19H19ClN2O2/c1-21-19(24)16-7-2-14(3-8-16)6-11-18(23)22-13-12-15-4-9-17(20)10-5-15/h2-11H,12-13H2,1H3,(H,21,24)(H,22,23)/b11-6+.